The second kappa shape index (κ2) is 7.36. The summed E-state index contributed by atoms with van der Waals surface area (Å²) in [6.45, 7) is 5.38. The van der Waals surface area contributed by atoms with Gasteiger partial charge in [-0.3, -0.25) is 0 Å². The molecule has 0 bridgehead atoms. The lowest BCUT2D eigenvalue weighted by molar-refractivity contribution is -0.203. The second-order valence-corrected chi connectivity index (χ2v) is 8.79. The molecule has 0 spiro atoms. The number of hydrogen-bond acceptors (Lipinski definition) is 5. The molecule has 5 nitrogen and oxygen atoms in total. The predicted molar refractivity (Wildman–Crippen MR) is 101 cm³/mol. The summed E-state index contributed by atoms with van der Waals surface area (Å²) < 4.78 is 49.8. The van der Waals surface area contributed by atoms with E-state index in [9.17, 15) is 13.2 Å². The smallest absolute Gasteiger partial charge is 0.425 e. The van der Waals surface area contributed by atoms with Crippen molar-refractivity contribution in [2.75, 3.05) is 6.54 Å². The van der Waals surface area contributed by atoms with Crippen LogP contribution in [0.25, 0.3) is 0 Å². The minimum Gasteiger partial charge on any atom is -0.481 e. The zero-order valence-electron chi connectivity index (χ0n) is 17.1. The average molecular weight is 411 g/mol. The quantitative estimate of drug-likeness (QED) is 0.614. The van der Waals surface area contributed by atoms with Crippen molar-refractivity contribution in [1.82, 2.24) is 15.0 Å². The van der Waals surface area contributed by atoms with Crippen LogP contribution in [0.15, 0.2) is 28.1 Å². The number of allylic oxidation sites excluding steroid dienone is 1. The molecule has 2 heterocycles. The van der Waals surface area contributed by atoms with Gasteiger partial charge in [0.2, 0.25) is 5.89 Å². The molecule has 4 rings (SSSR count). The highest BCUT2D eigenvalue weighted by Gasteiger charge is 2.44. The lowest BCUT2D eigenvalue weighted by Crippen LogP contribution is -2.44. The molecule has 3 aliphatic rings. The van der Waals surface area contributed by atoms with Crippen LogP contribution in [-0.4, -0.2) is 33.9 Å². The number of halogens is 3. The van der Waals surface area contributed by atoms with Gasteiger partial charge in [0.05, 0.1) is 0 Å². The van der Waals surface area contributed by atoms with Gasteiger partial charge in [0.15, 0.2) is 11.9 Å². The summed E-state index contributed by atoms with van der Waals surface area (Å²) in [6.07, 6.45) is 3.87. The lowest BCUT2D eigenvalue weighted by Gasteiger charge is -2.43. The second-order valence-electron chi connectivity index (χ2n) is 8.79. The van der Waals surface area contributed by atoms with E-state index in [4.69, 9.17) is 9.26 Å². The summed E-state index contributed by atoms with van der Waals surface area (Å²) >= 11 is 0. The molecule has 2 aliphatic carbocycles. The van der Waals surface area contributed by atoms with Crippen molar-refractivity contribution in [1.29, 1.82) is 0 Å². The Labute approximate surface area is 169 Å². The van der Waals surface area contributed by atoms with Crippen LogP contribution in [0.1, 0.15) is 64.1 Å². The van der Waals surface area contributed by atoms with Crippen molar-refractivity contribution >= 4 is 0 Å². The number of nitrogens with zero attached hydrogens (tertiary/aromatic N) is 3. The Hall–Kier alpha value is -1.99. The average Bonchev–Trinajstić information content (AvgIpc) is 3.30. The first-order chi connectivity index (χ1) is 13.7. The van der Waals surface area contributed by atoms with Gasteiger partial charge in [-0.15, -0.1) is 0 Å². The van der Waals surface area contributed by atoms with E-state index in [2.05, 4.69) is 22.0 Å². The number of alkyl halides is 3. The Morgan fingerprint density at radius 2 is 2.00 bits per heavy atom. The molecule has 0 saturated heterocycles. The van der Waals surface area contributed by atoms with Crippen molar-refractivity contribution in [2.45, 2.75) is 77.1 Å². The van der Waals surface area contributed by atoms with Crippen LogP contribution < -0.4 is 0 Å². The Morgan fingerprint density at radius 3 is 2.52 bits per heavy atom. The maximum atomic E-state index is 13.1. The summed E-state index contributed by atoms with van der Waals surface area (Å²) in [5.74, 6) is 2.37. The lowest BCUT2D eigenvalue weighted by atomic mass is 9.78. The van der Waals surface area contributed by atoms with Crippen molar-refractivity contribution < 1.29 is 22.4 Å². The maximum absolute atomic E-state index is 13.1. The summed E-state index contributed by atoms with van der Waals surface area (Å²) in [4.78, 5) is 6.65. The van der Waals surface area contributed by atoms with Crippen LogP contribution in [0.3, 0.4) is 0 Å². The summed E-state index contributed by atoms with van der Waals surface area (Å²) in [5.41, 5.74) is 0.395. The molecule has 2 atom stereocenters. The van der Waals surface area contributed by atoms with E-state index in [1.807, 2.05) is 6.20 Å². The van der Waals surface area contributed by atoms with E-state index >= 15 is 0 Å². The molecular formula is C21H28F3N3O2. The highest BCUT2D eigenvalue weighted by molar-refractivity contribution is 5.34. The molecule has 0 radical (unpaired) electrons. The Morgan fingerprint density at radius 1 is 1.28 bits per heavy atom. The Bertz CT molecular complexity index is 808. The topological polar surface area (TPSA) is 51.4 Å². The SMILES string of the molecule is Cc1nc(C(C)(CC2CC2)N2C=C(C3CCC3)C(O[C@@H](C)C(F)(F)F)=CC2)no1. The molecule has 0 aromatic carbocycles. The molecule has 1 unspecified atom stereocenters. The van der Waals surface area contributed by atoms with Gasteiger partial charge in [0.25, 0.3) is 0 Å². The first-order valence-corrected chi connectivity index (χ1v) is 10.4. The fourth-order valence-electron chi connectivity index (χ4n) is 4.07. The molecule has 2 fully saturated rings. The van der Waals surface area contributed by atoms with Gasteiger partial charge in [-0.25, -0.2) is 0 Å². The van der Waals surface area contributed by atoms with E-state index in [1.54, 1.807) is 13.0 Å². The standard InChI is InChI=1S/C21H28F3N3O2/c1-13(21(22,23)24)28-18-9-10-27(12-17(18)16-5-4-6-16)20(3,11-15-7-8-15)19-25-14(2)29-26-19/h9,12-13,15-16H,4-8,10-11H2,1-3H3/t13-,20?/m0/s1. The molecule has 29 heavy (non-hydrogen) atoms. The third kappa shape index (κ3) is 4.16. The number of ether oxygens (including phenoxy) is 1. The first kappa shape index (κ1) is 20.3. The van der Waals surface area contributed by atoms with Crippen molar-refractivity contribution in [2.24, 2.45) is 11.8 Å². The molecule has 160 valence electrons. The Balaban J connectivity index is 1.62. The van der Waals surface area contributed by atoms with Crippen molar-refractivity contribution in [3.05, 3.63) is 35.3 Å². The van der Waals surface area contributed by atoms with Gasteiger partial charge in [-0.1, -0.05) is 24.4 Å². The van der Waals surface area contributed by atoms with E-state index in [1.165, 1.54) is 12.8 Å². The molecule has 1 aromatic rings. The van der Waals surface area contributed by atoms with Crippen molar-refractivity contribution in [3.63, 3.8) is 0 Å². The summed E-state index contributed by atoms with van der Waals surface area (Å²) in [5, 5.41) is 4.19. The van der Waals surface area contributed by atoms with Crippen LogP contribution in [0.2, 0.25) is 0 Å². The van der Waals surface area contributed by atoms with Gasteiger partial charge >= 0.3 is 6.18 Å². The van der Waals surface area contributed by atoms with Gasteiger partial charge in [-0.05, 0) is 51.0 Å². The van der Waals surface area contributed by atoms with Crippen LogP contribution in [0.5, 0.6) is 0 Å². The van der Waals surface area contributed by atoms with Gasteiger partial charge in [0.1, 0.15) is 11.3 Å². The molecule has 1 aliphatic heterocycles. The zero-order valence-corrected chi connectivity index (χ0v) is 17.1. The highest BCUT2D eigenvalue weighted by atomic mass is 19.4. The largest absolute Gasteiger partial charge is 0.481 e. The normalized spacial score (nSPS) is 23.7. The Kier molecular flexibility index (Phi) is 5.15. The minimum absolute atomic E-state index is 0.238. The molecule has 0 amide bonds. The summed E-state index contributed by atoms with van der Waals surface area (Å²) in [6, 6.07) is 0. The van der Waals surface area contributed by atoms with Crippen LogP contribution >= 0.6 is 0 Å². The fraction of sp³-hybridized carbons (Fsp3) is 0.714. The third-order valence-corrected chi connectivity index (χ3v) is 6.39. The zero-order chi connectivity index (χ0) is 20.8. The summed E-state index contributed by atoms with van der Waals surface area (Å²) in [7, 11) is 0. The highest BCUT2D eigenvalue weighted by Crippen LogP contribution is 2.46. The number of aromatic nitrogens is 2. The van der Waals surface area contributed by atoms with Crippen molar-refractivity contribution in [3.8, 4) is 0 Å². The predicted octanol–water partition coefficient (Wildman–Crippen LogP) is 5.24. The maximum Gasteiger partial charge on any atom is 0.425 e. The van der Waals surface area contributed by atoms with E-state index in [0.717, 1.165) is 38.2 Å². The molecule has 2 saturated carbocycles. The molecule has 1 aromatic heterocycles. The minimum atomic E-state index is -4.38. The molecule has 0 N–H and O–H groups in total. The van der Waals surface area contributed by atoms with Crippen LogP contribution in [0, 0.1) is 18.8 Å². The van der Waals surface area contributed by atoms with Crippen LogP contribution in [-0.2, 0) is 10.3 Å². The van der Waals surface area contributed by atoms with Gasteiger partial charge in [-0.2, -0.15) is 18.2 Å². The van der Waals surface area contributed by atoms with Gasteiger partial charge < -0.3 is 14.2 Å². The fourth-order valence-corrected chi connectivity index (χ4v) is 4.07. The van der Waals surface area contributed by atoms with Crippen LogP contribution in [0.4, 0.5) is 13.2 Å². The molecular weight excluding hydrogens is 383 g/mol. The number of aryl methyl sites for hydroxylation is 1. The van der Waals surface area contributed by atoms with E-state index in [0.29, 0.717) is 29.9 Å². The van der Waals surface area contributed by atoms with E-state index in [-0.39, 0.29) is 5.92 Å². The van der Waals surface area contributed by atoms with Gasteiger partial charge in [0, 0.05) is 25.2 Å². The number of hydrogen-bond donors (Lipinski definition) is 0. The first-order valence-electron chi connectivity index (χ1n) is 10.4. The monoisotopic (exact) mass is 411 g/mol. The van der Waals surface area contributed by atoms with E-state index < -0.39 is 17.8 Å². The third-order valence-electron chi connectivity index (χ3n) is 6.39. The molecule has 8 heteroatoms. The number of rotatable bonds is 7.